The minimum absolute atomic E-state index is 0.590. The molecule has 0 fully saturated rings. The fraction of sp³-hybridized carbons (Fsp3) is 0. The number of nitrogens with one attached hydrogen (secondary N) is 1. The third-order valence-electron chi connectivity index (χ3n) is 1.72. The summed E-state index contributed by atoms with van der Waals surface area (Å²) in [4.78, 5) is 0. The summed E-state index contributed by atoms with van der Waals surface area (Å²) in [6.07, 6.45) is 1.66. The van der Waals surface area contributed by atoms with E-state index < -0.39 is 0 Å². The molecule has 0 bridgehead atoms. The molecule has 2 rings (SSSR count). The van der Waals surface area contributed by atoms with Crippen molar-refractivity contribution in [2.24, 2.45) is 0 Å². The summed E-state index contributed by atoms with van der Waals surface area (Å²) in [7, 11) is 0. The quantitative estimate of drug-likeness (QED) is 0.607. The van der Waals surface area contributed by atoms with Crippen LogP contribution >= 0.6 is 50.7 Å². The van der Waals surface area contributed by atoms with Crippen LogP contribution in [0.5, 0.6) is 0 Å². The summed E-state index contributed by atoms with van der Waals surface area (Å²) in [5, 5.41) is 6.59. The van der Waals surface area contributed by atoms with E-state index in [2.05, 4.69) is 48.7 Å². The standard InChI is InChI=1S/C8H5BrIN3S/c9-6-3-5(10)1-2-7(6)13-4-11-12-8(13)14/h1-4H,(H,12,14). The highest BCUT2D eigenvalue weighted by Crippen LogP contribution is 2.23. The molecule has 1 aromatic heterocycles. The van der Waals surface area contributed by atoms with Gasteiger partial charge in [-0.25, -0.2) is 0 Å². The van der Waals surface area contributed by atoms with Gasteiger partial charge in [0.15, 0.2) is 4.77 Å². The molecular formula is C8H5BrIN3S. The molecule has 0 aliphatic heterocycles. The van der Waals surface area contributed by atoms with Crippen molar-refractivity contribution in [3.63, 3.8) is 0 Å². The molecule has 1 aromatic carbocycles. The number of hydrogen-bond donors (Lipinski definition) is 1. The lowest BCUT2D eigenvalue weighted by Gasteiger charge is -2.04. The Morgan fingerprint density at radius 1 is 1.50 bits per heavy atom. The maximum Gasteiger partial charge on any atom is 0.199 e. The van der Waals surface area contributed by atoms with E-state index in [0.717, 1.165) is 10.2 Å². The number of nitrogens with zero attached hydrogens (tertiary/aromatic N) is 2. The van der Waals surface area contributed by atoms with Crippen molar-refractivity contribution in [2.45, 2.75) is 0 Å². The van der Waals surface area contributed by atoms with Gasteiger partial charge in [-0.2, -0.15) is 5.10 Å². The van der Waals surface area contributed by atoms with E-state index in [9.17, 15) is 0 Å². The normalized spacial score (nSPS) is 10.4. The smallest absolute Gasteiger partial charge is 0.199 e. The largest absolute Gasteiger partial charge is 0.274 e. The van der Waals surface area contributed by atoms with E-state index in [4.69, 9.17) is 12.2 Å². The summed E-state index contributed by atoms with van der Waals surface area (Å²) in [5.74, 6) is 0. The number of halogens is 2. The van der Waals surface area contributed by atoms with Crippen molar-refractivity contribution in [1.29, 1.82) is 0 Å². The molecule has 0 aliphatic carbocycles. The molecule has 6 heteroatoms. The maximum absolute atomic E-state index is 5.08. The fourth-order valence-corrected chi connectivity index (χ4v) is 2.78. The zero-order chi connectivity index (χ0) is 10.1. The van der Waals surface area contributed by atoms with Crippen molar-refractivity contribution in [2.75, 3.05) is 0 Å². The van der Waals surface area contributed by atoms with Crippen LogP contribution in [0.2, 0.25) is 0 Å². The van der Waals surface area contributed by atoms with Crippen molar-refractivity contribution < 1.29 is 0 Å². The van der Waals surface area contributed by atoms with E-state index in [1.165, 1.54) is 3.57 Å². The van der Waals surface area contributed by atoms with Crippen LogP contribution in [0.3, 0.4) is 0 Å². The lowest BCUT2D eigenvalue weighted by atomic mass is 10.3. The molecule has 0 spiro atoms. The average Bonchev–Trinajstić information content (AvgIpc) is 2.52. The van der Waals surface area contributed by atoms with Gasteiger partial charge >= 0.3 is 0 Å². The Morgan fingerprint density at radius 2 is 2.29 bits per heavy atom. The zero-order valence-corrected chi connectivity index (χ0v) is 11.4. The molecule has 0 unspecified atom stereocenters. The molecule has 3 nitrogen and oxygen atoms in total. The molecule has 0 saturated carbocycles. The SMILES string of the molecule is S=c1[nH]ncn1-c1ccc(I)cc1Br. The van der Waals surface area contributed by atoms with Gasteiger partial charge in [0, 0.05) is 8.04 Å². The van der Waals surface area contributed by atoms with Crippen LogP contribution in [0.1, 0.15) is 0 Å². The minimum atomic E-state index is 0.590. The Hall–Kier alpha value is -0.210. The van der Waals surface area contributed by atoms with Crippen LogP contribution in [0.25, 0.3) is 5.69 Å². The lowest BCUT2D eigenvalue weighted by Crippen LogP contribution is -1.93. The Bertz CT molecular complexity index is 519. The second kappa shape index (κ2) is 4.11. The first kappa shape index (κ1) is 10.3. The average molecular weight is 382 g/mol. The van der Waals surface area contributed by atoms with E-state index in [1.807, 2.05) is 22.8 Å². The summed E-state index contributed by atoms with van der Waals surface area (Å²) < 4.78 is 4.58. The highest BCUT2D eigenvalue weighted by molar-refractivity contribution is 14.1. The Labute approximate surface area is 108 Å². The van der Waals surface area contributed by atoms with E-state index in [-0.39, 0.29) is 0 Å². The second-order valence-electron chi connectivity index (χ2n) is 2.63. The predicted molar refractivity (Wildman–Crippen MR) is 69.2 cm³/mol. The first-order chi connectivity index (χ1) is 6.68. The van der Waals surface area contributed by atoms with Gasteiger partial charge in [-0.3, -0.25) is 9.67 Å². The highest BCUT2D eigenvalue weighted by atomic mass is 127. The number of rotatable bonds is 1. The molecule has 0 aliphatic rings. The molecule has 0 saturated heterocycles. The van der Waals surface area contributed by atoms with Crippen LogP contribution in [-0.4, -0.2) is 14.8 Å². The maximum atomic E-state index is 5.08. The van der Waals surface area contributed by atoms with Crippen LogP contribution in [-0.2, 0) is 0 Å². The predicted octanol–water partition coefficient (Wildman–Crippen LogP) is 3.30. The zero-order valence-electron chi connectivity index (χ0n) is 6.87. The molecule has 72 valence electrons. The first-order valence-corrected chi connectivity index (χ1v) is 6.04. The van der Waals surface area contributed by atoms with Crippen molar-refractivity contribution in [3.05, 3.63) is 37.3 Å². The van der Waals surface area contributed by atoms with Crippen LogP contribution < -0.4 is 0 Å². The van der Waals surface area contributed by atoms with E-state index in [1.54, 1.807) is 6.33 Å². The highest BCUT2D eigenvalue weighted by Gasteiger charge is 2.03. The number of aromatic nitrogens is 3. The summed E-state index contributed by atoms with van der Waals surface area (Å²) >= 11 is 10.8. The summed E-state index contributed by atoms with van der Waals surface area (Å²) in [6.45, 7) is 0. The van der Waals surface area contributed by atoms with Crippen LogP contribution in [0, 0.1) is 8.34 Å². The number of benzene rings is 1. The lowest BCUT2D eigenvalue weighted by molar-refractivity contribution is 1.02. The number of H-pyrrole nitrogens is 1. The molecule has 0 radical (unpaired) electrons. The number of hydrogen-bond acceptors (Lipinski definition) is 2. The van der Waals surface area contributed by atoms with Gasteiger partial charge in [0.2, 0.25) is 0 Å². The Morgan fingerprint density at radius 3 is 2.86 bits per heavy atom. The van der Waals surface area contributed by atoms with Gasteiger partial charge in [0.05, 0.1) is 5.69 Å². The molecular weight excluding hydrogens is 377 g/mol. The summed E-state index contributed by atoms with van der Waals surface area (Å²) in [5.41, 5.74) is 0.990. The van der Waals surface area contributed by atoms with Crippen molar-refractivity contribution >= 4 is 50.7 Å². The molecule has 2 aromatic rings. The monoisotopic (exact) mass is 381 g/mol. The van der Waals surface area contributed by atoms with Gasteiger partial charge < -0.3 is 0 Å². The van der Waals surface area contributed by atoms with Crippen LogP contribution in [0.15, 0.2) is 29.0 Å². The Balaban J connectivity index is 2.63. The topological polar surface area (TPSA) is 33.6 Å². The van der Waals surface area contributed by atoms with Crippen LogP contribution in [0.4, 0.5) is 0 Å². The van der Waals surface area contributed by atoms with E-state index in [0.29, 0.717) is 4.77 Å². The summed E-state index contributed by atoms with van der Waals surface area (Å²) in [6, 6.07) is 6.05. The minimum Gasteiger partial charge on any atom is -0.274 e. The molecule has 0 atom stereocenters. The molecule has 14 heavy (non-hydrogen) atoms. The fourth-order valence-electron chi connectivity index (χ4n) is 1.10. The van der Waals surface area contributed by atoms with Gasteiger partial charge in [0.1, 0.15) is 6.33 Å². The molecule has 1 heterocycles. The number of aromatic amines is 1. The third kappa shape index (κ3) is 1.91. The molecule has 0 amide bonds. The molecule has 1 N–H and O–H groups in total. The van der Waals surface area contributed by atoms with Crippen molar-refractivity contribution in [3.8, 4) is 5.69 Å². The van der Waals surface area contributed by atoms with Gasteiger partial charge in [-0.05, 0) is 68.9 Å². The van der Waals surface area contributed by atoms with Crippen molar-refractivity contribution in [1.82, 2.24) is 14.8 Å². The third-order valence-corrected chi connectivity index (χ3v) is 3.32. The Kier molecular flexibility index (Phi) is 3.03. The second-order valence-corrected chi connectivity index (χ2v) is 5.11. The van der Waals surface area contributed by atoms with Gasteiger partial charge in [-0.15, -0.1) is 0 Å². The van der Waals surface area contributed by atoms with E-state index >= 15 is 0 Å². The van der Waals surface area contributed by atoms with Gasteiger partial charge in [-0.1, -0.05) is 0 Å². The van der Waals surface area contributed by atoms with Gasteiger partial charge in [0.25, 0.3) is 0 Å². The first-order valence-electron chi connectivity index (χ1n) is 3.76.